The SMILES string of the molecule is Cc1csc(NC(=O)c2ccc(NC3=C(Cl)C(=O)N(c4ccc(C)c(C)c4)C3=O)cc2)n1. The van der Waals surface area contributed by atoms with Gasteiger partial charge in [-0.2, -0.15) is 0 Å². The summed E-state index contributed by atoms with van der Waals surface area (Å²) in [5.41, 5.74) is 4.24. The molecule has 1 aliphatic rings. The number of imide groups is 1. The van der Waals surface area contributed by atoms with Crippen LogP contribution in [0.2, 0.25) is 0 Å². The summed E-state index contributed by atoms with van der Waals surface area (Å²) in [4.78, 5) is 43.2. The molecule has 0 atom stereocenters. The lowest BCUT2D eigenvalue weighted by molar-refractivity contribution is -0.120. The summed E-state index contributed by atoms with van der Waals surface area (Å²) in [5, 5.41) is 7.83. The first kappa shape index (κ1) is 21.7. The molecule has 1 aromatic heterocycles. The number of nitrogens with zero attached hydrogens (tertiary/aromatic N) is 2. The lowest BCUT2D eigenvalue weighted by Crippen LogP contribution is -2.32. The van der Waals surface area contributed by atoms with Gasteiger partial charge in [-0.1, -0.05) is 17.7 Å². The highest BCUT2D eigenvalue weighted by molar-refractivity contribution is 7.13. The van der Waals surface area contributed by atoms with Crippen molar-refractivity contribution in [3.05, 3.63) is 81.0 Å². The van der Waals surface area contributed by atoms with Gasteiger partial charge in [0.1, 0.15) is 10.7 Å². The quantitative estimate of drug-likeness (QED) is 0.529. The normalized spacial score (nSPS) is 13.7. The molecule has 2 N–H and O–H groups in total. The fourth-order valence-electron chi connectivity index (χ4n) is 3.14. The van der Waals surface area contributed by atoms with Gasteiger partial charge in [0.25, 0.3) is 17.7 Å². The number of anilines is 3. The average Bonchev–Trinajstić information content (AvgIpc) is 3.26. The molecular formula is C23H19ClN4O3S. The van der Waals surface area contributed by atoms with Crippen LogP contribution < -0.4 is 15.5 Å². The van der Waals surface area contributed by atoms with Crippen molar-refractivity contribution in [2.75, 3.05) is 15.5 Å². The largest absolute Gasteiger partial charge is 0.350 e. The van der Waals surface area contributed by atoms with E-state index in [4.69, 9.17) is 11.6 Å². The Labute approximate surface area is 193 Å². The first-order chi connectivity index (χ1) is 15.2. The van der Waals surface area contributed by atoms with Crippen LogP contribution in [0.5, 0.6) is 0 Å². The van der Waals surface area contributed by atoms with E-state index in [1.807, 2.05) is 32.2 Å². The van der Waals surface area contributed by atoms with Gasteiger partial charge in [0.15, 0.2) is 5.13 Å². The molecule has 3 amide bonds. The van der Waals surface area contributed by atoms with Gasteiger partial charge in [0, 0.05) is 16.6 Å². The summed E-state index contributed by atoms with van der Waals surface area (Å²) < 4.78 is 0. The number of aryl methyl sites for hydroxylation is 3. The Bertz CT molecular complexity index is 1280. The Morgan fingerprint density at radius 1 is 1.00 bits per heavy atom. The number of carbonyl (C=O) groups is 3. The van der Waals surface area contributed by atoms with Crippen molar-refractivity contribution in [3.63, 3.8) is 0 Å². The first-order valence-corrected chi connectivity index (χ1v) is 11.0. The Morgan fingerprint density at radius 2 is 1.72 bits per heavy atom. The minimum absolute atomic E-state index is 0.00893. The zero-order valence-corrected chi connectivity index (χ0v) is 19.1. The Morgan fingerprint density at radius 3 is 2.34 bits per heavy atom. The summed E-state index contributed by atoms with van der Waals surface area (Å²) in [6.45, 7) is 5.71. The lowest BCUT2D eigenvalue weighted by Gasteiger charge is -2.16. The summed E-state index contributed by atoms with van der Waals surface area (Å²) >= 11 is 7.55. The van der Waals surface area contributed by atoms with Crippen LogP contribution in [0.1, 0.15) is 27.2 Å². The summed E-state index contributed by atoms with van der Waals surface area (Å²) in [6, 6.07) is 11.8. The van der Waals surface area contributed by atoms with E-state index in [0.29, 0.717) is 22.1 Å². The highest BCUT2D eigenvalue weighted by atomic mass is 35.5. The van der Waals surface area contributed by atoms with Crippen LogP contribution in [0.25, 0.3) is 0 Å². The minimum atomic E-state index is -0.586. The molecule has 162 valence electrons. The van der Waals surface area contributed by atoms with Crippen LogP contribution in [0, 0.1) is 20.8 Å². The molecule has 0 radical (unpaired) electrons. The maximum Gasteiger partial charge on any atom is 0.283 e. The van der Waals surface area contributed by atoms with E-state index in [2.05, 4.69) is 15.6 Å². The maximum absolute atomic E-state index is 12.9. The van der Waals surface area contributed by atoms with Crippen LogP contribution in [0.15, 0.2) is 58.6 Å². The maximum atomic E-state index is 12.9. The Hall–Kier alpha value is -3.49. The molecule has 0 bridgehead atoms. The molecule has 0 fully saturated rings. The molecule has 0 unspecified atom stereocenters. The molecule has 4 rings (SSSR count). The summed E-state index contributed by atoms with van der Waals surface area (Å²) in [6.07, 6.45) is 0. The molecule has 0 saturated carbocycles. The van der Waals surface area contributed by atoms with Crippen LogP contribution in [-0.2, 0) is 9.59 Å². The number of aromatic nitrogens is 1. The molecule has 2 aromatic carbocycles. The number of benzene rings is 2. The van der Waals surface area contributed by atoms with Gasteiger partial charge in [0.2, 0.25) is 0 Å². The lowest BCUT2D eigenvalue weighted by atomic mass is 10.1. The van der Waals surface area contributed by atoms with Crippen molar-refractivity contribution in [2.24, 2.45) is 0 Å². The minimum Gasteiger partial charge on any atom is -0.350 e. The van der Waals surface area contributed by atoms with E-state index in [1.165, 1.54) is 11.3 Å². The smallest absolute Gasteiger partial charge is 0.283 e. The van der Waals surface area contributed by atoms with Crippen molar-refractivity contribution < 1.29 is 14.4 Å². The molecule has 2 heterocycles. The molecular weight excluding hydrogens is 448 g/mol. The first-order valence-electron chi connectivity index (χ1n) is 9.71. The molecule has 0 saturated heterocycles. The Kier molecular flexibility index (Phi) is 5.82. The predicted octanol–water partition coefficient (Wildman–Crippen LogP) is 4.76. The van der Waals surface area contributed by atoms with Gasteiger partial charge >= 0.3 is 0 Å². The number of hydrogen-bond donors (Lipinski definition) is 2. The second kappa shape index (κ2) is 8.57. The van der Waals surface area contributed by atoms with Gasteiger partial charge in [-0.15, -0.1) is 11.3 Å². The van der Waals surface area contributed by atoms with E-state index < -0.39 is 11.8 Å². The molecule has 1 aliphatic heterocycles. The number of carbonyl (C=O) groups excluding carboxylic acids is 3. The predicted molar refractivity (Wildman–Crippen MR) is 126 cm³/mol. The third-order valence-electron chi connectivity index (χ3n) is 5.03. The molecule has 7 nitrogen and oxygen atoms in total. The second-order valence-corrected chi connectivity index (χ2v) is 8.59. The molecule has 9 heteroatoms. The van der Waals surface area contributed by atoms with E-state index in [0.717, 1.165) is 21.7 Å². The highest BCUT2D eigenvalue weighted by Gasteiger charge is 2.39. The van der Waals surface area contributed by atoms with Gasteiger partial charge in [0.05, 0.1) is 11.4 Å². The van der Waals surface area contributed by atoms with Crippen molar-refractivity contribution in [3.8, 4) is 0 Å². The fourth-order valence-corrected chi connectivity index (χ4v) is 4.04. The summed E-state index contributed by atoms with van der Waals surface area (Å²) in [7, 11) is 0. The average molecular weight is 467 g/mol. The fraction of sp³-hybridized carbons (Fsp3) is 0.130. The molecule has 0 spiro atoms. The highest BCUT2D eigenvalue weighted by Crippen LogP contribution is 2.31. The third-order valence-corrected chi connectivity index (χ3v) is 6.26. The van der Waals surface area contributed by atoms with E-state index in [1.54, 1.807) is 36.4 Å². The van der Waals surface area contributed by atoms with Gasteiger partial charge in [-0.3, -0.25) is 19.7 Å². The van der Waals surface area contributed by atoms with E-state index in [9.17, 15) is 14.4 Å². The zero-order chi connectivity index (χ0) is 23.0. The Balaban J connectivity index is 1.49. The third kappa shape index (κ3) is 4.15. The number of thiazole rings is 1. The van der Waals surface area contributed by atoms with Gasteiger partial charge < -0.3 is 5.32 Å². The van der Waals surface area contributed by atoms with Crippen LogP contribution in [0.4, 0.5) is 16.5 Å². The molecule has 32 heavy (non-hydrogen) atoms. The van der Waals surface area contributed by atoms with Gasteiger partial charge in [-0.05, 0) is 68.3 Å². The number of rotatable bonds is 5. The topological polar surface area (TPSA) is 91.4 Å². The second-order valence-electron chi connectivity index (χ2n) is 7.35. The van der Waals surface area contributed by atoms with Gasteiger partial charge in [-0.25, -0.2) is 9.88 Å². The monoisotopic (exact) mass is 466 g/mol. The van der Waals surface area contributed by atoms with Crippen molar-refractivity contribution >= 4 is 57.2 Å². The number of nitrogens with one attached hydrogen (secondary N) is 2. The van der Waals surface area contributed by atoms with Crippen LogP contribution >= 0.6 is 22.9 Å². The van der Waals surface area contributed by atoms with Crippen LogP contribution in [0.3, 0.4) is 0 Å². The zero-order valence-electron chi connectivity index (χ0n) is 17.5. The number of hydrogen-bond acceptors (Lipinski definition) is 6. The standard InChI is InChI=1S/C23H19ClN4O3S/c1-12-4-9-17(10-13(12)2)28-21(30)18(24)19(22(28)31)26-16-7-5-15(6-8-16)20(29)27-23-25-14(3)11-32-23/h4-11,26H,1-3H3,(H,25,27,29). The number of amides is 3. The van der Waals surface area contributed by atoms with Crippen molar-refractivity contribution in [1.29, 1.82) is 0 Å². The van der Waals surface area contributed by atoms with Crippen molar-refractivity contribution in [2.45, 2.75) is 20.8 Å². The number of halogens is 1. The van der Waals surface area contributed by atoms with E-state index >= 15 is 0 Å². The van der Waals surface area contributed by atoms with E-state index in [-0.39, 0.29) is 16.6 Å². The summed E-state index contributed by atoms with van der Waals surface area (Å²) in [5.74, 6) is -1.42. The van der Waals surface area contributed by atoms with Crippen LogP contribution in [-0.4, -0.2) is 22.7 Å². The molecule has 3 aromatic rings. The van der Waals surface area contributed by atoms with Crippen molar-refractivity contribution in [1.82, 2.24) is 4.98 Å². The molecule has 0 aliphatic carbocycles.